The number of likely N-dealkylation sites (N-methyl/N-ethyl adjacent to an activating group) is 1. The topological polar surface area (TPSA) is 83.9 Å². The van der Waals surface area contributed by atoms with E-state index in [2.05, 4.69) is 0 Å². The predicted octanol–water partition coefficient (Wildman–Crippen LogP) is 1.06. The van der Waals surface area contributed by atoms with Crippen molar-refractivity contribution in [2.45, 2.75) is 0 Å². The molecule has 0 aromatic heterocycles. The molecule has 6 nitrogen and oxygen atoms in total. The van der Waals surface area contributed by atoms with Crippen LogP contribution in [0.2, 0.25) is 5.02 Å². The van der Waals surface area contributed by atoms with Gasteiger partial charge in [-0.2, -0.15) is 0 Å². The standard InChI is InChI=1S/C11H14ClNO5S/c1-13(19(16,17)8-11(14)15)5-6-18-10-4-2-3-9(12)7-10/h2-4,7H,5-6,8H2,1H3,(H,14,15). The van der Waals surface area contributed by atoms with E-state index in [1.54, 1.807) is 24.3 Å². The average Bonchev–Trinajstić information content (AvgIpc) is 2.27. The Balaban J connectivity index is 2.47. The van der Waals surface area contributed by atoms with Crippen molar-refractivity contribution in [2.75, 3.05) is 26.0 Å². The first kappa shape index (κ1) is 15.7. The van der Waals surface area contributed by atoms with Gasteiger partial charge in [0.05, 0.1) is 0 Å². The first-order valence-electron chi connectivity index (χ1n) is 5.35. The van der Waals surface area contributed by atoms with Gasteiger partial charge in [0, 0.05) is 18.6 Å². The number of carbonyl (C=O) groups is 1. The minimum atomic E-state index is -3.79. The summed E-state index contributed by atoms with van der Waals surface area (Å²) < 4.78 is 29.3. The normalized spacial score (nSPS) is 11.5. The summed E-state index contributed by atoms with van der Waals surface area (Å²) in [6.07, 6.45) is 0. The maximum absolute atomic E-state index is 11.5. The molecular formula is C11H14ClNO5S. The minimum Gasteiger partial charge on any atom is -0.492 e. The van der Waals surface area contributed by atoms with Crippen LogP contribution in [0.1, 0.15) is 0 Å². The predicted molar refractivity (Wildman–Crippen MR) is 71.0 cm³/mol. The highest BCUT2D eigenvalue weighted by Gasteiger charge is 2.21. The summed E-state index contributed by atoms with van der Waals surface area (Å²) in [5.74, 6) is -1.79. The van der Waals surface area contributed by atoms with Crippen molar-refractivity contribution in [3.8, 4) is 5.75 Å². The lowest BCUT2D eigenvalue weighted by molar-refractivity contribution is -0.134. The van der Waals surface area contributed by atoms with Crippen molar-refractivity contribution >= 4 is 27.6 Å². The third kappa shape index (κ3) is 5.46. The van der Waals surface area contributed by atoms with Gasteiger partial charge in [-0.1, -0.05) is 17.7 Å². The number of sulfonamides is 1. The lowest BCUT2D eigenvalue weighted by Gasteiger charge is -2.16. The third-order valence-electron chi connectivity index (χ3n) is 2.25. The molecule has 0 spiro atoms. The third-order valence-corrected chi connectivity index (χ3v) is 4.23. The summed E-state index contributed by atoms with van der Waals surface area (Å²) in [6, 6.07) is 6.70. The number of benzene rings is 1. The Morgan fingerprint density at radius 2 is 2.16 bits per heavy atom. The Kier molecular flexibility index (Phi) is 5.59. The maximum atomic E-state index is 11.5. The number of nitrogens with zero attached hydrogens (tertiary/aromatic N) is 1. The molecule has 0 saturated heterocycles. The van der Waals surface area contributed by atoms with Gasteiger partial charge < -0.3 is 9.84 Å². The molecule has 0 aliphatic heterocycles. The van der Waals surface area contributed by atoms with Crippen LogP contribution in [0.3, 0.4) is 0 Å². The fourth-order valence-electron chi connectivity index (χ4n) is 1.25. The molecule has 0 heterocycles. The molecule has 0 unspecified atom stereocenters. The Morgan fingerprint density at radius 1 is 1.47 bits per heavy atom. The van der Waals surface area contributed by atoms with Crippen LogP contribution in [0.4, 0.5) is 0 Å². The van der Waals surface area contributed by atoms with Crippen molar-refractivity contribution in [2.24, 2.45) is 0 Å². The zero-order valence-corrected chi connectivity index (χ0v) is 11.8. The smallest absolute Gasteiger partial charge is 0.320 e. The van der Waals surface area contributed by atoms with Crippen LogP contribution in [-0.2, 0) is 14.8 Å². The van der Waals surface area contributed by atoms with Crippen LogP contribution in [0, 0.1) is 0 Å². The van der Waals surface area contributed by atoms with E-state index in [-0.39, 0.29) is 13.2 Å². The van der Waals surface area contributed by atoms with Gasteiger partial charge in [-0.15, -0.1) is 0 Å². The van der Waals surface area contributed by atoms with E-state index < -0.39 is 21.7 Å². The average molecular weight is 308 g/mol. The van der Waals surface area contributed by atoms with E-state index in [9.17, 15) is 13.2 Å². The number of aliphatic carboxylic acids is 1. The van der Waals surface area contributed by atoms with Crippen LogP contribution in [0.15, 0.2) is 24.3 Å². The molecule has 0 aliphatic carbocycles. The molecule has 0 atom stereocenters. The number of carboxylic acids is 1. The first-order chi connectivity index (χ1) is 8.81. The summed E-state index contributed by atoms with van der Waals surface area (Å²) >= 11 is 5.76. The number of rotatable bonds is 7. The van der Waals surface area contributed by atoms with Crippen molar-refractivity contribution in [1.82, 2.24) is 4.31 Å². The van der Waals surface area contributed by atoms with E-state index >= 15 is 0 Å². The van der Waals surface area contributed by atoms with Gasteiger partial charge in [-0.25, -0.2) is 12.7 Å². The first-order valence-corrected chi connectivity index (χ1v) is 7.34. The van der Waals surface area contributed by atoms with Gasteiger partial charge in [-0.3, -0.25) is 4.79 Å². The molecular weight excluding hydrogens is 294 g/mol. The van der Waals surface area contributed by atoms with Gasteiger partial charge in [0.2, 0.25) is 10.0 Å². The quantitative estimate of drug-likeness (QED) is 0.814. The number of ether oxygens (including phenoxy) is 1. The molecule has 1 rings (SSSR count). The van der Waals surface area contributed by atoms with E-state index in [1.807, 2.05) is 0 Å². The molecule has 0 fully saturated rings. The fraction of sp³-hybridized carbons (Fsp3) is 0.364. The summed E-state index contributed by atoms with van der Waals surface area (Å²) in [6.45, 7) is 0.165. The SMILES string of the molecule is CN(CCOc1cccc(Cl)c1)S(=O)(=O)CC(=O)O. The molecule has 0 saturated carbocycles. The molecule has 8 heteroatoms. The van der Waals surface area contributed by atoms with E-state index in [0.717, 1.165) is 4.31 Å². The molecule has 0 bridgehead atoms. The van der Waals surface area contributed by atoms with Crippen molar-refractivity contribution in [1.29, 1.82) is 0 Å². The summed E-state index contributed by atoms with van der Waals surface area (Å²) in [5.41, 5.74) is 0. The van der Waals surface area contributed by atoms with Crippen LogP contribution >= 0.6 is 11.6 Å². The number of hydrogen-bond donors (Lipinski definition) is 1. The molecule has 1 aromatic rings. The Bertz CT molecular complexity index is 546. The number of halogens is 1. The van der Waals surface area contributed by atoms with E-state index in [1.165, 1.54) is 7.05 Å². The van der Waals surface area contributed by atoms with Gasteiger partial charge in [-0.05, 0) is 18.2 Å². The molecule has 19 heavy (non-hydrogen) atoms. The second kappa shape index (κ2) is 6.74. The Morgan fingerprint density at radius 3 is 2.74 bits per heavy atom. The van der Waals surface area contributed by atoms with E-state index in [4.69, 9.17) is 21.4 Å². The molecule has 106 valence electrons. The summed E-state index contributed by atoms with van der Waals surface area (Å²) in [7, 11) is -2.49. The van der Waals surface area contributed by atoms with E-state index in [0.29, 0.717) is 10.8 Å². The second-order valence-electron chi connectivity index (χ2n) is 3.78. The molecule has 1 aromatic carbocycles. The molecule has 1 N–H and O–H groups in total. The lowest BCUT2D eigenvalue weighted by Crippen LogP contribution is -2.35. The fourth-order valence-corrected chi connectivity index (χ4v) is 2.32. The highest BCUT2D eigenvalue weighted by Crippen LogP contribution is 2.16. The monoisotopic (exact) mass is 307 g/mol. The van der Waals surface area contributed by atoms with Crippen molar-refractivity contribution in [3.05, 3.63) is 29.3 Å². The lowest BCUT2D eigenvalue weighted by atomic mass is 10.3. The maximum Gasteiger partial charge on any atom is 0.320 e. The summed E-state index contributed by atoms with van der Waals surface area (Å²) in [5, 5.41) is 9.00. The van der Waals surface area contributed by atoms with Crippen LogP contribution in [0.5, 0.6) is 5.75 Å². The van der Waals surface area contributed by atoms with Gasteiger partial charge >= 0.3 is 5.97 Å². The zero-order valence-electron chi connectivity index (χ0n) is 10.2. The summed E-state index contributed by atoms with van der Waals surface area (Å²) in [4.78, 5) is 10.4. The Labute approximate surface area is 116 Å². The largest absolute Gasteiger partial charge is 0.492 e. The van der Waals surface area contributed by atoms with Gasteiger partial charge in [0.25, 0.3) is 0 Å². The van der Waals surface area contributed by atoms with Crippen molar-refractivity contribution in [3.63, 3.8) is 0 Å². The zero-order chi connectivity index (χ0) is 14.5. The minimum absolute atomic E-state index is 0.0577. The van der Waals surface area contributed by atoms with Crippen molar-refractivity contribution < 1.29 is 23.1 Å². The highest BCUT2D eigenvalue weighted by molar-refractivity contribution is 7.89. The van der Waals surface area contributed by atoms with Crippen LogP contribution in [-0.4, -0.2) is 49.8 Å². The Hall–Kier alpha value is -1.31. The van der Waals surface area contributed by atoms with Gasteiger partial charge in [0.15, 0.2) is 5.75 Å². The van der Waals surface area contributed by atoms with Gasteiger partial charge in [0.1, 0.15) is 12.4 Å². The number of hydrogen-bond acceptors (Lipinski definition) is 4. The van der Waals surface area contributed by atoms with Crippen LogP contribution < -0.4 is 4.74 Å². The second-order valence-corrected chi connectivity index (χ2v) is 6.29. The molecule has 0 radical (unpaired) electrons. The molecule has 0 aliphatic rings. The number of carboxylic acid groups (broad SMARTS) is 1. The molecule has 0 amide bonds. The highest BCUT2D eigenvalue weighted by atomic mass is 35.5. The van der Waals surface area contributed by atoms with Crippen LogP contribution in [0.25, 0.3) is 0 Å².